The van der Waals surface area contributed by atoms with Gasteiger partial charge in [-0.15, -0.1) is 0 Å². The van der Waals surface area contributed by atoms with Crippen molar-refractivity contribution in [2.75, 3.05) is 40.1 Å². The Balaban J connectivity index is 1.23. The summed E-state index contributed by atoms with van der Waals surface area (Å²) in [5, 5.41) is 10.5. The Kier molecular flexibility index (Phi) is 7.82. The largest absolute Gasteiger partial charge is 0.507 e. The highest BCUT2D eigenvalue weighted by molar-refractivity contribution is 5.89. The lowest BCUT2D eigenvalue weighted by Crippen LogP contribution is -2.45. The van der Waals surface area contributed by atoms with E-state index in [1.165, 1.54) is 43.5 Å². The van der Waals surface area contributed by atoms with Gasteiger partial charge < -0.3 is 28.5 Å². The van der Waals surface area contributed by atoms with Gasteiger partial charge in [-0.25, -0.2) is 4.79 Å². The summed E-state index contributed by atoms with van der Waals surface area (Å²) in [6.45, 7) is 3.43. The van der Waals surface area contributed by atoms with Crippen LogP contribution in [0.1, 0.15) is 27.2 Å². The van der Waals surface area contributed by atoms with E-state index in [4.69, 9.17) is 18.6 Å². The number of nitrogens with zero attached hydrogens (tertiary/aromatic N) is 2. The van der Waals surface area contributed by atoms with E-state index in [0.717, 1.165) is 5.56 Å². The molecule has 0 unspecified atom stereocenters. The molecule has 6 rings (SSSR count). The maximum atomic E-state index is 14.2. The summed E-state index contributed by atoms with van der Waals surface area (Å²) in [7, 11) is 1.19. The Bertz CT molecular complexity index is 1760. The van der Waals surface area contributed by atoms with E-state index in [-0.39, 0.29) is 46.9 Å². The number of alkyl halides is 3. The van der Waals surface area contributed by atoms with Crippen molar-refractivity contribution in [3.8, 4) is 28.7 Å². The number of phenols is 1. The maximum absolute atomic E-state index is 14.2. The number of methoxy groups -OCH3 is 1. The molecule has 0 radical (unpaired) electrons. The Labute approximate surface area is 248 Å². The van der Waals surface area contributed by atoms with Gasteiger partial charge in [-0.05, 0) is 54.1 Å². The van der Waals surface area contributed by atoms with Crippen molar-refractivity contribution in [1.29, 1.82) is 0 Å². The molecule has 1 aromatic heterocycles. The van der Waals surface area contributed by atoms with Crippen molar-refractivity contribution >= 4 is 16.9 Å². The standard InChI is InChI=1S/C31H27F3N2O8/c1-40-30(39)19-3-5-20(6-4-19)43-28-26(38)21-7-8-23(37)22(27(21)44-29(28)31(32,33)34)16-36-12-10-35(11-13-36)15-18-2-9-24-25(14-18)42-17-41-24/h2-9,14,37H,10-13,15-17H2,1H3. The van der Waals surface area contributed by atoms with Crippen LogP contribution in [0.25, 0.3) is 11.0 Å². The normalized spacial score (nSPS) is 15.5. The van der Waals surface area contributed by atoms with Crippen molar-refractivity contribution in [3.05, 3.63) is 87.3 Å². The number of benzene rings is 3. The van der Waals surface area contributed by atoms with Gasteiger partial charge in [0.05, 0.1) is 23.6 Å². The van der Waals surface area contributed by atoms with E-state index in [1.54, 1.807) is 0 Å². The lowest BCUT2D eigenvalue weighted by atomic mass is 10.1. The summed E-state index contributed by atoms with van der Waals surface area (Å²) < 4.78 is 68.7. The van der Waals surface area contributed by atoms with Crippen LogP contribution >= 0.6 is 0 Å². The van der Waals surface area contributed by atoms with Crippen molar-refractivity contribution in [2.45, 2.75) is 19.3 Å². The van der Waals surface area contributed by atoms with Gasteiger partial charge in [0.25, 0.3) is 5.76 Å². The molecule has 10 nitrogen and oxygen atoms in total. The third-order valence-corrected chi connectivity index (χ3v) is 7.54. The fourth-order valence-electron chi connectivity index (χ4n) is 5.24. The molecule has 2 aliphatic heterocycles. The number of piperazine rings is 1. The molecule has 230 valence electrons. The number of rotatable bonds is 7. The lowest BCUT2D eigenvalue weighted by Gasteiger charge is -2.35. The molecule has 0 bridgehead atoms. The molecule has 3 heterocycles. The molecular weight excluding hydrogens is 585 g/mol. The zero-order chi connectivity index (χ0) is 31.0. The smallest absolute Gasteiger partial charge is 0.453 e. The molecule has 0 spiro atoms. The van der Waals surface area contributed by atoms with Crippen LogP contribution in [0.15, 0.2) is 63.8 Å². The van der Waals surface area contributed by atoms with Gasteiger partial charge in [0.15, 0.2) is 11.5 Å². The second-order valence-corrected chi connectivity index (χ2v) is 10.4. The molecule has 1 fully saturated rings. The monoisotopic (exact) mass is 612 g/mol. The van der Waals surface area contributed by atoms with Crippen molar-refractivity contribution in [2.24, 2.45) is 0 Å². The summed E-state index contributed by atoms with van der Waals surface area (Å²) in [5.41, 5.74) is -0.129. The van der Waals surface area contributed by atoms with Gasteiger partial charge in [0.2, 0.25) is 18.0 Å². The highest BCUT2D eigenvalue weighted by Gasteiger charge is 2.41. The predicted molar refractivity (Wildman–Crippen MR) is 150 cm³/mol. The number of hydrogen-bond acceptors (Lipinski definition) is 10. The van der Waals surface area contributed by atoms with Crippen LogP contribution in [0.3, 0.4) is 0 Å². The van der Waals surface area contributed by atoms with E-state index < -0.39 is 29.1 Å². The Hall–Kier alpha value is -4.75. The highest BCUT2D eigenvalue weighted by Crippen LogP contribution is 2.40. The highest BCUT2D eigenvalue weighted by atomic mass is 19.4. The first-order chi connectivity index (χ1) is 21.1. The van der Waals surface area contributed by atoms with E-state index in [2.05, 4.69) is 9.64 Å². The van der Waals surface area contributed by atoms with Crippen LogP contribution in [0.2, 0.25) is 0 Å². The molecule has 0 atom stereocenters. The third-order valence-electron chi connectivity index (χ3n) is 7.54. The first-order valence-corrected chi connectivity index (χ1v) is 13.7. The molecule has 13 heteroatoms. The Morgan fingerprint density at radius 1 is 0.932 bits per heavy atom. The maximum Gasteiger partial charge on any atom is 0.453 e. The summed E-state index contributed by atoms with van der Waals surface area (Å²) >= 11 is 0. The van der Waals surface area contributed by atoms with E-state index in [1.807, 2.05) is 23.1 Å². The minimum absolute atomic E-state index is 0.0659. The number of esters is 1. The van der Waals surface area contributed by atoms with E-state index in [0.29, 0.717) is 44.2 Å². The summed E-state index contributed by atoms with van der Waals surface area (Å²) in [5.74, 6) is -2.32. The average Bonchev–Trinajstić information content (AvgIpc) is 3.48. The summed E-state index contributed by atoms with van der Waals surface area (Å²) in [6, 6.07) is 13.3. The molecular formula is C31H27F3N2O8. The summed E-state index contributed by atoms with van der Waals surface area (Å²) in [4.78, 5) is 29.3. The fourth-order valence-corrected chi connectivity index (χ4v) is 5.24. The first-order valence-electron chi connectivity index (χ1n) is 13.7. The quantitative estimate of drug-likeness (QED) is 0.282. The molecule has 1 N–H and O–H groups in total. The molecule has 0 amide bonds. The van der Waals surface area contributed by atoms with Crippen LogP contribution < -0.4 is 19.6 Å². The number of halogens is 3. The number of carbonyl (C=O) groups excluding carboxylic acids is 1. The van der Waals surface area contributed by atoms with Crippen LogP contribution in [-0.2, 0) is 24.0 Å². The molecule has 1 saturated heterocycles. The second-order valence-electron chi connectivity index (χ2n) is 10.4. The van der Waals surface area contributed by atoms with Gasteiger partial charge in [-0.3, -0.25) is 14.6 Å². The van der Waals surface area contributed by atoms with Gasteiger partial charge in [-0.2, -0.15) is 13.2 Å². The van der Waals surface area contributed by atoms with Crippen LogP contribution in [-0.4, -0.2) is 61.0 Å². The number of fused-ring (bicyclic) bond motifs is 2. The molecule has 3 aromatic carbocycles. The number of phenolic OH excluding ortho intramolecular Hbond substituents is 1. The number of aromatic hydroxyl groups is 1. The third kappa shape index (κ3) is 5.88. The Morgan fingerprint density at radius 2 is 1.61 bits per heavy atom. The molecule has 4 aromatic rings. The molecule has 0 aliphatic carbocycles. The van der Waals surface area contributed by atoms with Crippen LogP contribution in [0.5, 0.6) is 28.7 Å². The first kappa shape index (κ1) is 29.3. The van der Waals surface area contributed by atoms with Crippen molar-refractivity contribution in [1.82, 2.24) is 9.80 Å². The minimum Gasteiger partial charge on any atom is -0.507 e. The van der Waals surface area contributed by atoms with Crippen LogP contribution in [0.4, 0.5) is 13.2 Å². The van der Waals surface area contributed by atoms with Gasteiger partial charge in [0, 0.05) is 39.3 Å². The number of hydrogen-bond donors (Lipinski definition) is 1. The minimum atomic E-state index is -5.09. The SMILES string of the molecule is COC(=O)c1ccc(Oc2c(C(F)(F)F)oc3c(CN4CCN(Cc5ccc6c(c5)OCO6)CC4)c(O)ccc3c2=O)cc1. The molecule has 0 saturated carbocycles. The molecule has 2 aliphatic rings. The van der Waals surface area contributed by atoms with Crippen molar-refractivity contribution < 1.29 is 46.4 Å². The lowest BCUT2D eigenvalue weighted by molar-refractivity contribution is -0.154. The molecule has 44 heavy (non-hydrogen) atoms. The summed E-state index contributed by atoms with van der Waals surface area (Å²) in [6.07, 6.45) is -5.09. The van der Waals surface area contributed by atoms with E-state index in [9.17, 15) is 27.9 Å². The topological polar surface area (TPSA) is 111 Å². The van der Waals surface area contributed by atoms with Gasteiger partial charge in [0.1, 0.15) is 17.1 Å². The van der Waals surface area contributed by atoms with Crippen molar-refractivity contribution in [3.63, 3.8) is 0 Å². The van der Waals surface area contributed by atoms with Crippen LogP contribution in [0, 0.1) is 0 Å². The van der Waals surface area contributed by atoms with Gasteiger partial charge in [-0.1, -0.05) is 6.07 Å². The Morgan fingerprint density at radius 3 is 2.30 bits per heavy atom. The number of ether oxygens (including phenoxy) is 4. The zero-order valence-electron chi connectivity index (χ0n) is 23.5. The average molecular weight is 613 g/mol. The van der Waals surface area contributed by atoms with Gasteiger partial charge >= 0.3 is 12.1 Å². The zero-order valence-corrected chi connectivity index (χ0v) is 23.5. The second kappa shape index (κ2) is 11.7. The fraction of sp³-hybridized carbons (Fsp3) is 0.290. The van der Waals surface area contributed by atoms with E-state index >= 15 is 0 Å². The number of carbonyl (C=O) groups is 1. The predicted octanol–water partition coefficient (Wildman–Crippen LogP) is 5.14.